The van der Waals surface area contributed by atoms with E-state index in [1.165, 1.54) is 7.11 Å². The Morgan fingerprint density at radius 2 is 2.28 bits per heavy atom. The van der Waals surface area contributed by atoms with Crippen molar-refractivity contribution in [2.45, 2.75) is 19.4 Å². The van der Waals surface area contributed by atoms with E-state index in [4.69, 9.17) is 10.5 Å². The zero-order valence-electron chi connectivity index (χ0n) is 10.3. The molecule has 2 N–H and O–H groups in total. The molecule has 0 radical (unpaired) electrons. The van der Waals surface area contributed by atoms with Crippen molar-refractivity contribution in [3.63, 3.8) is 0 Å². The van der Waals surface area contributed by atoms with E-state index in [0.717, 1.165) is 10.7 Å². The second-order valence-electron chi connectivity index (χ2n) is 4.04. The smallest absolute Gasteiger partial charge is 0.168 e. The van der Waals surface area contributed by atoms with Gasteiger partial charge in [-0.25, -0.2) is 9.37 Å². The van der Waals surface area contributed by atoms with Crippen molar-refractivity contribution in [1.29, 1.82) is 0 Å². The number of aromatic nitrogens is 1. The van der Waals surface area contributed by atoms with E-state index in [2.05, 4.69) is 4.98 Å². The van der Waals surface area contributed by atoms with Crippen LogP contribution in [-0.4, -0.2) is 12.1 Å². The van der Waals surface area contributed by atoms with Gasteiger partial charge in [-0.3, -0.25) is 0 Å². The number of methoxy groups -OCH3 is 1. The molecule has 1 atom stereocenters. The Bertz CT molecular complexity index is 542. The van der Waals surface area contributed by atoms with E-state index >= 15 is 0 Å². The molecule has 0 bridgehead atoms. The summed E-state index contributed by atoms with van der Waals surface area (Å²) in [5.41, 5.74) is 7.39. The lowest BCUT2D eigenvalue weighted by Crippen LogP contribution is -2.14. The Hall–Kier alpha value is -1.46. The second kappa shape index (κ2) is 5.46. The van der Waals surface area contributed by atoms with Crippen molar-refractivity contribution >= 4 is 11.3 Å². The van der Waals surface area contributed by atoms with Gasteiger partial charge in [-0.15, -0.1) is 11.3 Å². The second-order valence-corrected chi connectivity index (χ2v) is 5.10. The first kappa shape index (κ1) is 13.0. The van der Waals surface area contributed by atoms with Crippen LogP contribution in [0.5, 0.6) is 5.75 Å². The van der Waals surface area contributed by atoms with Crippen LogP contribution in [0.25, 0.3) is 0 Å². The van der Waals surface area contributed by atoms with Gasteiger partial charge in [0.05, 0.1) is 23.9 Å². The number of nitrogens with zero attached hydrogens (tertiary/aromatic N) is 1. The molecule has 2 rings (SSSR count). The first-order valence-electron chi connectivity index (χ1n) is 5.60. The van der Waals surface area contributed by atoms with E-state index in [1.54, 1.807) is 29.5 Å². The third kappa shape index (κ3) is 2.68. The number of rotatable bonds is 4. The van der Waals surface area contributed by atoms with Gasteiger partial charge in [-0.2, -0.15) is 0 Å². The molecule has 1 unspecified atom stereocenters. The van der Waals surface area contributed by atoms with Crippen LogP contribution in [-0.2, 0) is 6.42 Å². The molecule has 0 saturated heterocycles. The Morgan fingerprint density at radius 3 is 2.89 bits per heavy atom. The summed E-state index contributed by atoms with van der Waals surface area (Å²) in [6.07, 6.45) is 0.409. The number of ether oxygens (including phenoxy) is 1. The Morgan fingerprint density at radius 1 is 1.50 bits per heavy atom. The zero-order chi connectivity index (χ0) is 13.1. The predicted molar refractivity (Wildman–Crippen MR) is 70.4 cm³/mol. The largest absolute Gasteiger partial charge is 0.494 e. The third-order valence-electron chi connectivity index (χ3n) is 2.72. The van der Waals surface area contributed by atoms with Crippen molar-refractivity contribution in [2.24, 2.45) is 5.73 Å². The maximum absolute atomic E-state index is 14.0. The molecular weight excluding hydrogens is 251 g/mol. The summed E-state index contributed by atoms with van der Waals surface area (Å²) in [6.45, 7) is 1.92. The lowest BCUT2D eigenvalue weighted by atomic mass is 10.0. The number of benzene rings is 1. The fraction of sp³-hybridized carbons (Fsp3) is 0.308. The Labute approximate surface area is 109 Å². The van der Waals surface area contributed by atoms with Crippen molar-refractivity contribution in [3.8, 4) is 5.75 Å². The molecule has 96 valence electrons. The van der Waals surface area contributed by atoms with E-state index in [0.29, 0.717) is 12.0 Å². The van der Waals surface area contributed by atoms with Crippen LogP contribution < -0.4 is 10.5 Å². The minimum absolute atomic E-state index is 0.245. The van der Waals surface area contributed by atoms with E-state index in [1.807, 2.05) is 12.3 Å². The van der Waals surface area contributed by atoms with Gasteiger partial charge in [-0.1, -0.05) is 12.1 Å². The highest BCUT2D eigenvalue weighted by Gasteiger charge is 2.15. The normalized spacial score (nSPS) is 12.4. The lowest BCUT2D eigenvalue weighted by Gasteiger charge is -2.11. The average Bonchev–Trinajstić information content (AvgIpc) is 2.78. The molecule has 2 aromatic rings. The number of aryl methyl sites for hydroxylation is 1. The predicted octanol–water partition coefficient (Wildman–Crippen LogP) is 2.84. The van der Waals surface area contributed by atoms with Gasteiger partial charge < -0.3 is 10.5 Å². The van der Waals surface area contributed by atoms with Crippen LogP contribution in [0.3, 0.4) is 0 Å². The standard InChI is InChI=1S/C13H15FN2OS/c1-8-16-11(7-18-8)10(15)6-9-4-3-5-12(17-2)13(9)14/h3-5,7,10H,6,15H2,1-2H3. The molecule has 0 aliphatic rings. The summed E-state index contributed by atoms with van der Waals surface area (Å²) in [5, 5.41) is 2.88. The zero-order valence-corrected chi connectivity index (χ0v) is 11.1. The summed E-state index contributed by atoms with van der Waals surface area (Å²) in [6, 6.07) is 4.78. The highest BCUT2D eigenvalue weighted by molar-refractivity contribution is 7.09. The minimum Gasteiger partial charge on any atom is -0.494 e. The minimum atomic E-state index is -0.345. The number of thiazole rings is 1. The molecule has 18 heavy (non-hydrogen) atoms. The van der Waals surface area contributed by atoms with Crippen LogP contribution >= 0.6 is 11.3 Å². The highest BCUT2D eigenvalue weighted by Crippen LogP contribution is 2.24. The third-order valence-corrected chi connectivity index (χ3v) is 3.51. The molecule has 0 spiro atoms. The number of hydrogen-bond acceptors (Lipinski definition) is 4. The van der Waals surface area contributed by atoms with Crippen molar-refractivity contribution in [3.05, 3.63) is 45.7 Å². The van der Waals surface area contributed by atoms with Crippen molar-refractivity contribution in [1.82, 2.24) is 4.98 Å². The molecule has 0 amide bonds. The summed E-state index contributed by atoms with van der Waals surface area (Å²) in [4.78, 5) is 4.32. The molecular formula is C13H15FN2OS. The molecule has 5 heteroatoms. The van der Waals surface area contributed by atoms with Gasteiger partial charge in [-0.05, 0) is 25.0 Å². The molecule has 3 nitrogen and oxygen atoms in total. The van der Waals surface area contributed by atoms with Gasteiger partial charge >= 0.3 is 0 Å². The fourth-order valence-electron chi connectivity index (χ4n) is 1.76. The van der Waals surface area contributed by atoms with Crippen LogP contribution in [0.1, 0.15) is 22.3 Å². The van der Waals surface area contributed by atoms with E-state index in [9.17, 15) is 4.39 Å². The first-order valence-corrected chi connectivity index (χ1v) is 6.48. The highest BCUT2D eigenvalue weighted by atomic mass is 32.1. The molecule has 1 aromatic heterocycles. The number of hydrogen-bond donors (Lipinski definition) is 1. The van der Waals surface area contributed by atoms with Gasteiger partial charge in [0.25, 0.3) is 0 Å². The molecule has 0 aliphatic heterocycles. The van der Waals surface area contributed by atoms with Crippen LogP contribution in [0.15, 0.2) is 23.6 Å². The van der Waals surface area contributed by atoms with Gasteiger partial charge in [0, 0.05) is 5.38 Å². The Balaban J connectivity index is 2.19. The number of nitrogens with two attached hydrogens (primary N) is 1. The molecule has 0 aliphatic carbocycles. The van der Waals surface area contributed by atoms with E-state index < -0.39 is 0 Å². The molecule has 0 saturated carbocycles. The summed E-state index contributed by atoms with van der Waals surface area (Å²) < 4.78 is 18.9. The average molecular weight is 266 g/mol. The summed E-state index contributed by atoms with van der Waals surface area (Å²) >= 11 is 1.55. The van der Waals surface area contributed by atoms with Gasteiger partial charge in [0.1, 0.15) is 0 Å². The topological polar surface area (TPSA) is 48.1 Å². The van der Waals surface area contributed by atoms with Gasteiger partial charge in [0.15, 0.2) is 11.6 Å². The van der Waals surface area contributed by atoms with Crippen LogP contribution in [0.4, 0.5) is 4.39 Å². The van der Waals surface area contributed by atoms with Gasteiger partial charge in [0.2, 0.25) is 0 Å². The SMILES string of the molecule is COc1cccc(CC(N)c2csc(C)n2)c1F. The first-order chi connectivity index (χ1) is 8.61. The van der Waals surface area contributed by atoms with Crippen molar-refractivity contribution in [2.75, 3.05) is 7.11 Å². The summed E-state index contributed by atoms with van der Waals surface area (Å²) in [7, 11) is 1.45. The van der Waals surface area contributed by atoms with E-state index in [-0.39, 0.29) is 17.6 Å². The monoisotopic (exact) mass is 266 g/mol. The number of halogens is 1. The molecule has 0 fully saturated rings. The summed E-state index contributed by atoms with van der Waals surface area (Å²) in [5.74, 6) is -0.100. The fourth-order valence-corrected chi connectivity index (χ4v) is 2.44. The van der Waals surface area contributed by atoms with Crippen LogP contribution in [0, 0.1) is 12.7 Å². The Kier molecular flexibility index (Phi) is 3.93. The quantitative estimate of drug-likeness (QED) is 0.925. The van der Waals surface area contributed by atoms with Crippen LogP contribution in [0.2, 0.25) is 0 Å². The van der Waals surface area contributed by atoms with Crippen molar-refractivity contribution < 1.29 is 9.13 Å². The molecule has 1 heterocycles. The maximum atomic E-state index is 14.0. The maximum Gasteiger partial charge on any atom is 0.168 e. The molecule has 1 aromatic carbocycles. The lowest BCUT2D eigenvalue weighted by molar-refractivity contribution is 0.383.